The van der Waals surface area contributed by atoms with Crippen LogP contribution in [0.1, 0.15) is 27.6 Å². The van der Waals surface area contributed by atoms with E-state index in [1.165, 1.54) is 0 Å². The summed E-state index contributed by atoms with van der Waals surface area (Å²) in [6.07, 6.45) is 0. The van der Waals surface area contributed by atoms with Crippen molar-refractivity contribution in [3.05, 3.63) is 64.7 Å². The Kier molecular flexibility index (Phi) is 4.95. The quantitative estimate of drug-likeness (QED) is 0.875. The maximum absolute atomic E-state index is 12.2. The SMILES string of the molecule is CCOC(=O)c1ccccc1NC(=O)c1ccc(Cl)cc1. The smallest absolute Gasteiger partial charge is 0.340 e. The summed E-state index contributed by atoms with van der Waals surface area (Å²) in [6, 6.07) is 13.2. The Labute approximate surface area is 127 Å². The van der Waals surface area contributed by atoms with Crippen LogP contribution in [0.25, 0.3) is 0 Å². The standard InChI is InChI=1S/C16H14ClNO3/c1-2-21-16(20)13-5-3-4-6-14(13)18-15(19)11-7-9-12(17)10-8-11/h3-10H,2H2,1H3,(H,18,19). The minimum absolute atomic E-state index is 0.276. The minimum atomic E-state index is -0.468. The van der Waals surface area contributed by atoms with Gasteiger partial charge in [-0.2, -0.15) is 0 Å². The highest BCUT2D eigenvalue weighted by molar-refractivity contribution is 6.30. The lowest BCUT2D eigenvalue weighted by molar-refractivity contribution is 0.0527. The minimum Gasteiger partial charge on any atom is -0.462 e. The van der Waals surface area contributed by atoms with Crippen LogP contribution in [-0.2, 0) is 4.74 Å². The molecule has 108 valence electrons. The molecule has 0 unspecified atom stereocenters. The number of esters is 1. The van der Waals surface area contributed by atoms with Crippen LogP contribution < -0.4 is 5.32 Å². The lowest BCUT2D eigenvalue weighted by atomic mass is 10.1. The molecule has 0 atom stereocenters. The Bertz CT molecular complexity index is 653. The zero-order valence-corrected chi connectivity index (χ0v) is 12.2. The molecule has 1 amide bonds. The summed E-state index contributed by atoms with van der Waals surface area (Å²) in [7, 11) is 0. The highest BCUT2D eigenvalue weighted by Crippen LogP contribution is 2.18. The van der Waals surface area contributed by atoms with Gasteiger partial charge in [-0.15, -0.1) is 0 Å². The van der Waals surface area contributed by atoms with Crippen LogP contribution in [0, 0.1) is 0 Å². The summed E-state index contributed by atoms with van der Waals surface area (Å²) >= 11 is 5.79. The fourth-order valence-electron chi connectivity index (χ4n) is 1.77. The first-order valence-electron chi connectivity index (χ1n) is 6.45. The average molecular weight is 304 g/mol. The Balaban J connectivity index is 2.21. The van der Waals surface area contributed by atoms with Crippen LogP contribution in [-0.4, -0.2) is 18.5 Å². The van der Waals surface area contributed by atoms with Gasteiger partial charge in [0.2, 0.25) is 0 Å². The van der Waals surface area contributed by atoms with Crippen molar-refractivity contribution in [1.29, 1.82) is 0 Å². The number of ether oxygens (including phenoxy) is 1. The van der Waals surface area contributed by atoms with Crippen LogP contribution in [0.2, 0.25) is 5.02 Å². The van der Waals surface area contributed by atoms with Crippen LogP contribution in [0.4, 0.5) is 5.69 Å². The van der Waals surface area contributed by atoms with Gasteiger partial charge in [0.25, 0.3) is 5.91 Å². The zero-order chi connectivity index (χ0) is 15.2. The molecule has 0 saturated carbocycles. The van der Waals surface area contributed by atoms with E-state index in [4.69, 9.17) is 16.3 Å². The Morgan fingerprint density at radius 1 is 1.10 bits per heavy atom. The highest BCUT2D eigenvalue weighted by atomic mass is 35.5. The molecule has 0 aliphatic rings. The molecule has 0 heterocycles. The lowest BCUT2D eigenvalue weighted by Gasteiger charge is -2.10. The van der Waals surface area contributed by atoms with Gasteiger partial charge in [0.05, 0.1) is 17.9 Å². The van der Waals surface area contributed by atoms with Crippen LogP contribution in [0.3, 0.4) is 0 Å². The predicted molar refractivity (Wildman–Crippen MR) is 81.8 cm³/mol. The molecule has 4 nitrogen and oxygen atoms in total. The number of nitrogens with one attached hydrogen (secondary N) is 1. The number of para-hydroxylation sites is 1. The third-order valence-electron chi connectivity index (χ3n) is 2.78. The summed E-state index contributed by atoms with van der Waals surface area (Å²) in [6.45, 7) is 2.01. The fraction of sp³-hybridized carbons (Fsp3) is 0.125. The van der Waals surface area contributed by atoms with Crippen molar-refractivity contribution in [2.45, 2.75) is 6.92 Å². The van der Waals surface area contributed by atoms with E-state index in [0.29, 0.717) is 21.8 Å². The maximum Gasteiger partial charge on any atom is 0.340 e. The number of anilines is 1. The number of halogens is 1. The van der Waals surface area contributed by atoms with Gasteiger partial charge < -0.3 is 10.1 Å². The number of benzene rings is 2. The zero-order valence-electron chi connectivity index (χ0n) is 11.4. The van der Waals surface area contributed by atoms with Crippen molar-refractivity contribution < 1.29 is 14.3 Å². The molecule has 0 aliphatic carbocycles. The molecular formula is C16H14ClNO3. The summed E-state index contributed by atoms with van der Waals surface area (Å²) in [5.41, 5.74) is 1.19. The third-order valence-corrected chi connectivity index (χ3v) is 3.03. The fourth-order valence-corrected chi connectivity index (χ4v) is 1.90. The maximum atomic E-state index is 12.2. The largest absolute Gasteiger partial charge is 0.462 e. The van der Waals surface area contributed by atoms with E-state index in [1.54, 1.807) is 55.5 Å². The van der Waals surface area contributed by atoms with E-state index < -0.39 is 5.97 Å². The van der Waals surface area contributed by atoms with Gasteiger partial charge in [-0.05, 0) is 43.3 Å². The first-order valence-corrected chi connectivity index (χ1v) is 6.82. The Morgan fingerprint density at radius 3 is 2.43 bits per heavy atom. The number of hydrogen-bond acceptors (Lipinski definition) is 3. The molecule has 21 heavy (non-hydrogen) atoms. The Morgan fingerprint density at radius 2 is 1.76 bits per heavy atom. The van der Waals surface area contributed by atoms with Gasteiger partial charge in [-0.3, -0.25) is 4.79 Å². The lowest BCUT2D eigenvalue weighted by Crippen LogP contribution is -2.15. The van der Waals surface area contributed by atoms with Crippen molar-refractivity contribution in [2.24, 2.45) is 0 Å². The van der Waals surface area contributed by atoms with Gasteiger partial charge in [0, 0.05) is 10.6 Å². The van der Waals surface area contributed by atoms with Gasteiger partial charge in [-0.1, -0.05) is 23.7 Å². The molecule has 1 N–H and O–H groups in total. The summed E-state index contributed by atoms with van der Waals surface area (Å²) in [5, 5.41) is 3.26. The van der Waals surface area contributed by atoms with Crippen LogP contribution in [0.5, 0.6) is 0 Å². The molecule has 0 bridgehead atoms. The highest BCUT2D eigenvalue weighted by Gasteiger charge is 2.14. The van der Waals surface area contributed by atoms with Crippen molar-refractivity contribution in [3.8, 4) is 0 Å². The summed E-state index contributed by atoms with van der Waals surface area (Å²) < 4.78 is 4.96. The van der Waals surface area contributed by atoms with Crippen molar-refractivity contribution in [2.75, 3.05) is 11.9 Å². The third kappa shape index (κ3) is 3.83. The second kappa shape index (κ2) is 6.90. The van der Waals surface area contributed by atoms with Gasteiger partial charge in [0.1, 0.15) is 0 Å². The molecule has 0 aromatic heterocycles. The number of carbonyl (C=O) groups excluding carboxylic acids is 2. The second-order valence-electron chi connectivity index (χ2n) is 4.23. The number of rotatable bonds is 4. The number of hydrogen-bond donors (Lipinski definition) is 1. The molecule has 2 aromatic carbocycles. The van der Waals surface area contributed by atoms with Gasteiger partial charge in [0.15, 0.2) is 0 Å². The van der Waals surface area contributed by atoms with E-state index in [0.717, 1.165) is 0 Å². The van der Waals surface area contributed by atoms with Gasteiger partial charge >= 0.3 is 5.97 Å². The van der Waals surface area contributed by atoms with Crippen molar-refractivity contribution in [3.63, 3.8) is 0 Å². The molecule has 2 aromatic rings. The molecule has 5 heteroatoms. The van der Waals surface area contributed by atoms with E-state index >= 15 is 0 Å². The van der Waals surface area contributed by atoms with Crippen LogP contribution in [0.15, 0.2) is 48.5 Å². The van der Waals surface area contributed by atoms with Crippen LogP contribution >= 0.6 is 11.6 Å². The molecule has 0 saturated heterocycles. The number of carbonyl (C=O) groups is 2. The number of amides is 1. The molecule has 0 aliphatic heterocycles. The normalized spacial score (nSPS) is 10.0. The molecule has 0 radical (unpaired) electrons. The molecule has 0 fully saturated rings. The topological polar surface area (TPSA) is 55.4 Å². The van der Waals surface area contributed by atoms with Crippen molar-refractivity contribution in [1.82, 2.24) is 0 Å². The van der Waals surface area contributed by atoms with Crippen molar-refractivity contribution >= 4 is 29.2 Å². The van der Waals surface area contributed by atoms with E-state index in [1.807, 2.05) is 0 Å². The second-order valence-corrected chi connectivity index (χ2v) is 4.66. The monoisotopic (exact) mass is 303 g/mol. The molecular weight excluding hydrogens is 290 g/mol. The molecule has 2 rings (SSSR count). The van der Waals surface area contributed by atoms with E-state index in [-0.39, 0.29) is 12.5 Å². The summed E-state index contributed by atoms with van der Waals surface area (Å²) in [5.74, 6) is -0.784. The molecule has 0 spiro atoms. The summed E-state index contributed by atoms with van der Waals surface area (Å²) in [4.78, 5) is 24.0. The van der Waals surface area contributed by atoms with E-state index in [2.05, 4.69) is 5.32 Å². The first kappa shape index (κ1) is 15.1. The Hall–Kier alpha value is -2.33. The van der Waals surface area contributed by atoms with Gasteiger partial charge in [-0.25, -0.2) is 4.79 Å². The van der Waals surface area contributed by atoms with E-state index in [9.17, 15) is 9.59 Å². The predicted octanol–water partition coefficient (Wildman–Crippen LogP) is 3.77. The first-order chi connectivity index (χ1) is 10.1. The average Bonchev–Trinajstić information content (AvgIpc) is 2.48.